The number of carbonyl (C=O) groups excluding carboxylic acids is 1. The molecule has 1 unspecified atom stereocenters. The molecule has 4 rings (SSSR count). The first kappa shape index (κ1) is 18.6. The number of para-hydroxylation sites is 1. The zero-order valence-corrected chi connectivity index (χ0v) is 16.3. The zero-order chi connectivity index (χ0) is 19.3. The van der Waals surface area contributed by atoms with Crippen LogP contribution in [0.5, 0.6) is 0 Å². The van der Waals surface area contributed by atoms with E-state index >= 15 is 0 Å². The molecule has 0 aliphatic carbocycles. The molecule has 3 aromatic rings. The lowest BCUT2D eigenvalue weighted by molar-refractivity contribution is 0.0784. The number of carbonyl (C=O) groups is 1. The van der Waals surface area contributed by atoms with E-state index in [0.29, 0.717) is 18.2 Å². The zero-order valence-electron chi connectivity index (χ0n) is 15.4. The molecular formula is C20H22N6OS. The van der Waals surface area contributed by atoms with Crippen molar-refractivity contribution in [2.24, 2.45) is 11.7 Å². The fourth-order valence-corrected chi connectivity index (χ4v) is 4.31. The SMILES string of the molecule is NCC1CCN(C(=O)c2ccccc2SCc2nnnn2-c2ccccc2)C1. The van der Waals surface area contributed by atoms with E-state index in [1.807, 2.05) is 59.5 Å². The third-order valence-corrected chi connectivity index (χ3v) is 5.99. The Bertz CT molecular complexity index is 945. The number of nitrogens with two attached hydrogens (primary N) is 1. The van der Waals surface area contributed by atoms with Crippen molar-refractivity contribution in [2.45, 2.75) is 17.1 Å². The van der Waals surface area contributed by atoms with Crippen LogP contribution in [0, 0.1) is 5.92 Å². The van der Waals surface area contributed by atoms with E-state index in [0.717, 1.165) is 41.5 Å². The minimum atomic E-state index is 0.0710. The van der Waals surface area contributed by atoms with Crippen LogP contribution >= 0.6 is 11.8 Å². The summed E-state index contributed by atoms with van der Waals surface area (Å²) in [6.07, 6.45) is 0.976. The van der Waals surface area contributed by atoms with Crippen molar-refractivity contribution in [3.05, 3.63) is 66.0 Å². The van der Waals surface area contributed by atoms with Crippen molar-refractivity contribution in [3.63, 3.8) is 0 Å². The number of hydrogen-bond acceptors (Lipinski definition) is 6. The highest BCUT2D eigenvalue weighted by molar-refractivity contribution is 7.98. The summed E-state index contributed by atoms with van der Waals surface area (Å²) in [4.78, 5) is 15.8. The van der Waals surface area contributed by atoms with Crippen LogP contribution in [0.25, 0.3) is 5.69 Å². The summed E-state index contributed by atoms with van der Waals surface area (Å²) in [5.41, 5.74) is 7.41. The second kappa shape index (κ2) is 8.53. The van der Waals surface area contributed by atoms with Crippen molar-refractivity contribution in [1.29, 1.82) is 0 Å². The lowest BCUT2D eigenvalue weighted by atomic mass is 10.1. The molecule has 1 aromatic heterocycles. The van der Waals surface area contributed by atoms with E-state index in [1.165, 1.54) is 0 Å². The Hall–Kier alpha value is -2.71. The Balaban J connectivity index is 1.50. The summed E-state index contributed by atoms with van der Waals surface area (Å²) < 4.78 is 1.73. The van der Waals surface area contributed by atoms with Gasteiger partial charge in [0, 0.05) is 18.0 Å². The average molecular weight is 395 g/mol. The van der Waals surface area contributed by atoms with Crippen LogP contribution in [0.15, 0.2) is 59.5 Å². The first-order valence-electron chi connectivity index (χ1n) is 9.30. The molecule has 1 saturated heterocycles. The van der Waals surface area contributed by atoms with E-state index in [4.69, 9.17) is 5.73 Å². The number of likely N-dealkylation sites (tertiary alicyclic amines) is 1. The number of benzene rings is 2. The predicted octanol–water partition coefficient (Wildman–Crippen LogP) is 2.38. The van der Waals surface area contributed by atoms with Crippen molar-refractivity contribution >= 4 is 17.7 Å². The number of tetrazole rings is 1. The van der Waals surface area contributed by atoms with Crippen LogP contribution in [0.2, 0.25) is 0 Å². The molecule has 1 aliphatic rings. The van der Waals surface area contributed by atoms with Gasteiger partial charge in [0.2, 0.25) is 0 Å². The molecular weight excluding hydrogens is 372 g/mol. The molecule has 2 aromatic carbocycles. The van der Waals surface area contributed by atoms with Gasteiger partial charge in [0.05, 0.1) is 17.0 Å². The van der Waals surface area contributed by atoms with Crippen molar-refractivity contribution in [3.8, 4) is 5.69 Å². The van der Waals surface area contributed by atoms with E-state index < -0.39 is 0 Å². The fraction of sp³-hybridized carbons (Fsp3) is 0.300. The summed E-state index contributed by atoms with van der Waals surface area (Å²) >= 11 is 1.57. The molecule has 2 N–H and O–H groups in total. The molecule has 1 amide bonds. The fourth-order valence-electron chi connectivity index (χ4n) is 3.36. The first-order valence-corrected chi connectivity index (χ1v) is 10.3. The van der Waals surface area contributed by atoms with Gasteiger partial charge in [-0.05, 0) is 53.6 Å². The van der Waals surface area contributed by atoms with Crippen LogP contribution in [0.1, 0.15) is 22.6 Å². The van der Waals surface area contributed by atoms with Gasteiger partial charge in [-0.3, -0.25) is 4.79 Å². The number of rotatable bonds is 6. The molecule has 8 heteroatoms. The van der Waals surface area contributed by atoms with Gasteiger partial charge in [0.15, 0.2) is 5.82 Å². The topological polar surface area (TPSA) is 89.9 Å². The molecule has 0 spiro atoms. The summed E-state index contributed by atoms with van der Waals surface area (Å²) in [6.45, 7) is 2.13. The molecule has 28 heavy (non-hydrogen) atoms. The van der Waals surface area contributed by atoms with Crippen LogP contribution in [0.3, 0.4) is 0 Å². The van der Waals surface area contributed by atoms with Gasteiger partial charge in [0.1, 0.15) is 0 Å². The largest absolute Gasteiger partial charge is 0.338 e. The highest BCUT2D eigenvalue weighted by Crippen LogP contribution is 2.28. The van der Waals surface area contributed by atoms with Gasteiger partial charge >= 0.3 is 0 Å². The minimum absolute atomic E-state index is 0.0710. The number of aromatic nitrogens is 4. The van der Waals surface area contributed by atoms with Gasteiger partial charge in [0.25, 0.3) is 5.91 Å². The number of nitrogens with zero attached hydrogens (tertiary/aromatic N) is 5. The molecule has 7 nitrogen and oxygen atoms in total. The Morgan fingerprint density at radius 3 is 2.71 bits per heavy atom. The summed E-state index contributed by atoms with van der Waals surface area (Å²) in [5, 5.41) is 12.1. The third kappa shape index (κ3) is 3.93. The van der Waals surface area contributed by atoms with Crippen LogP contribution in [-0.4, -0.2) is 50.6 Å². The molecule has 1 fully saturated rings. The highest BCUT2D eigenvalue weighted by Gasteiger charge is 2.27. The van der Waals surface area contributed by atoms with Gasteiger partial charge < -0.3 is 10.6 Å². The molecule has 2 heterocycles. The first-order chi connectivity index (χ1) is 13.8. The standard InChI is InChI=1S/C20H22N6OS/c21-12-15-10-11-25(13-15)20(27)17-8-4-5-9-18(17)28-14-19-22-23-24-26(19)16-6-2-1-3-7-16/h1-9,15H,10-14,21H2. The lowest BCUT2D eigenvalue weighted by Crippen LogP contribution is -2.30. The van der Waals surface area contributed by atoms with E-state index in [-0.39, 0.29) is 5.91 Å². The van der Waals surface area contributed by atoms with E-state index in [9.17, 15) is 4.79 Å². The second-order valence-corrected chi connectivity index (χ2v) is 7.79. The molecule has 144 valence electrons. The van der Waals surface area contributed by atoms with Crippen LogP contribution in [0.4, 0.5) is 0 Å². The Morgan fingerprint density at radius 2 is 1.93 bits per heavy atom. The maximum absolute atomic E-state index is 13.0. The van der Waals surface area contributed by atoms with Crippen molar-refractivity contribution < 1.29 is 4.79 Å². The summed E-state index contributed by atoms with van der Waals surface area (Å²) in [5.74, 6) is 1.78. The number of thioether (sulfide) groups is 1. The predicted molar refractivity (Wildman–Crippen MR) is 108 cm³/mol. The Kier molecular flexibility index (Phi) is 5.68. The van der Waals surface area contributed by atoms with E-state index in [2.05, 4.69) is 15.5 Å². The highest BCUT2D eigenvalue weighted by atomic mass is 32.2. The van der Waals surface area contributed by atoms with Gasteiger partial charge in [-0.25, -0.2) is 0 Å². The maximum Gasteiger partial charge on any atom is 0.254 e. The molecule has 0 radical (unpaired) electrons. The maximum atomic E-state index is 13.0. The van der Waals surface area contributed by atoms with Crippen LogP contribution < -0.4 is 5.73 Å². The van der Waals surface area contributed by atoms with Crippen LogP contribution in [-0.2, 0) is 5.75 Å². The second-order valence-electron chi connectivity index (χ2n) is 6.77. The minimum Gasteiger partial charge on any atom is -0.338 e. The van der Waals surface area contributed by atoms with Gasteiger partial charge in [-0.15, -0.1) is 16.9 Å². The van der Waals surface area contributed by atoms with Gasteiger partial charge in [-0.2, -0.15) is 4.68 Å². The Morgan fingerprint density at radius 1 is 1.14 bits per heavy atom. The lowest BCUT2D eigenvalue weighted by Gasteiger charge is -2.18. The van der Waals surface area contributed by atoms with Gasteiger partial charge in [-0.1, -0.05) is 30.3 Å². The number of hydrogen-bond donors (Lipinski definition) is 1. The average Bonchev–Trinajstić information content (AvgIpc) is 3.42. The van der Waals surface area contributed by atoms with Crippen molar-refractivity contribution in [2.75, 3.05) is 19.6 Å². The number of amides is 1. The molecule has 1 aliphatic heterocycles. The molecule has 0 bridgehead atoms. The third-order valence-electron chi connectivity index (χ3n) is 4.92. The Labute approximate surface area is 167 Å². The van der Waals surface area contributed by atoms with Crippen molar-refractivity contribution in [1.82, 2.24) is 25.1 Å². The monoisotopic (exact) mass is 394 g/mol. The normalized spacial score (nSPS) is 16.5. The summed E-state index contributed by atoms with van der Waals surface area (Å²) in [6, 6.07) is 17.5. The molecule has 1 atom stereocenters. The smallest absolute Gasteiger partial charge is 0.254 e. The molecule has 0 saturated carbocycles. The van der Waals surface area contributed by atoms with E-state index in [1.54, 1.807) is 16.4 Å². The quantitative estimate of drug-likeness (QED) is 0.646. The summed E-state index contributed by atoms with van der Waals surface area (Å²) in [7, 11) is 0.